The van der Waals surface area contributed by atoms with Crippen LogP contribution >= 0.6 is 11.6 Å². The molecule has 25 heavy (non-hydrogen) atoms. The van der Waals surface area contributed by atoms with Crippen molar-refractivity contribution in [1.82, 2.24) is 0 Å². The summed E-state index contributed by atoms with van der Waals surface area (Å²) in [6.07, 6.45) is 1.12. The highest BCUT2D eigenvalue weighted by molar-refractivity contribution is 7.92. The van der Waals surface area contributed by atoms with Crippen molar-refractivity contribution in [1.29, 1.82) is 0 Å². The summed E-state index contributed by atoms with van der Waals surface area (Å²) in [5.41, 5.74) is 2.02. The first-order chi connectivity index (χ1) is 11.7. The molecule has 0 fully saturated rings. The van der Waals surface area contributed by atoms with Crippen molar-refractivity contribution in [3.63, 3.8) is 0 Å². The Kier molecular flexibility index (Phi) is 5.92. The van der Waals surface area contributed by atoms with E-state index in [0.717, 1.165) is 16.1 Å². The van der Waals surface area contributed by atoms with Crippen LogP contribution in [0.5, 0.6) is 5.75 Å². The van der Waals surface area contributed by atoms with E-state index in [0.29, 0.717) is 22.1 Å². The smallest absolute Gasteiger partial charge is 0.262 e. The van der Waals surface area contributed by atoms with Crippen molar-refractivity contribution >= 4 is 38.9 Å². The maximum atomic E-state index is 11.9. The monoisotopic (exact) mass is 382 g/mol. The Morgan fingerprint density at radius 1 is 1.20 bits per heavy atom. The molecular formula is C17H19ClN2O4S. The molecule has 0 aromatic heterocycles. The topological polar surface area (TPSA) is 75.7 Å². The number of aryl methyl sites for hydroxylation is 1. The van der Waals surface area contributed by atoms with Gasteiger partial charge in [0.15, 0.2) is 6.61 Å². The average Bonchev–Trinajstić information content (AvgIpc) is 2.54. The average molecular weight is 383 g/mol. The molecule has 0 unspecified atom stereocenters. The van der Waals surface area contributed by atoms with Crippen LogP contribution in [0.4, 0.5) is 11.4 Å². The summed E-state index contributed by atoms with van der Waals surface area (Å²) in [4.78, 5) is 11.9. The van der Waals surface area contributed by atoms with Gasteiger partial charge >= 0.3 is 0 Å². The molecule has 0 saturated carbocycles. The highest BCUT2D eigenvalue weighted by Gasteiger charge is 2.12. The number of rotatable bonds is 6. The molecule has 0 bridgehead atoms. The van der Waals surface area contributed by atoms with Crippen LogP contribution in [0.25, 0.3) is 0 Å². The number of sulfonamides is 1. The second-order valence-corrected chi connectivity index (χ2v) is 7.97. The molecule has 2 rings (SSSR count). The van der Waals surface area contributed by atoms with Crippen LogP contribution in [0.2, 0.25) is 5.02 Å². The molecule has 0 spiro atoms. The number of hydrogen-bond donors (Lipinski definition) is 1. The number of carbonyl (C=O) groups excluding carboxylic acids is 1. The lowest BCUT2D eigenvalue weighted by Crippen LogP contribution is -2.24. The van der Waals surface area contributed by atoms with Crippen molar-refractivity contribution in [2.75, 3.05) is 29.5 Å². The van der Waals surface area contributed by atoms with E-state index in [1.165, 1.54) is 7.05 Å². The van der Waals surface area contributed by atoms with Crippen LogP contribution in [0, 0.1) is 6.92 Å². The Morgan fingerprint density at radius 2 is 1.84 bits per heavy atom. The Balaban J connectivity index is 1.93. The highest BCUT2D eigenvalue weighted by Crippen LogP contribution is 2.23. The van der Waals surface area contributed by atoms with E-state index in [1.807, 2.05) is 13.0 Å². The summed E-state index contributed by atoms with van der Waals surface area (Å²) in [6, 6.07) is 11.7. The van der Waals surface area contributed by atoms with Crippen molar-refractivity contribution in [2.24, 2.45) is 0 Å². The Labute approximate surface area is 152 Å². The number of nitrogens with zero attached hydrogens (tertiary/aromatic N) is 1. The van der Waals surface area contributed by atoms with E-state index >= 15 is 0 Å². The quantitative estimate of drug-likeness (QED) is 0.833. The van der Waals surface area contributed by atoms with E-state index < -0.39 is 10.0 Å². The summed E-state index contributed by atoms with van der Waals surface area (Å²) in [6.45, 7) is 1.72. The summed E-state index contributed by atoms with van der Waals surface area (Å²) in [5.74, 6) is 0.110. The summed E-state index contributed by atoms with van der Waals surface area (Å²) < 4.78 is 29.5. The van der Waals surface area contributed by atoms with E-state index in [2.05, 4.69) is 5.32 Å². The van der Waals surface area contributed by atoms with Gasteiger partial charge in [0.1, 0.15) is 5.75 Å². The first kappa shape index (κ1) is 19.1. The third-order valence-corrected chi connectivity index (χ3v) is 4.98. The lowest BCUT2D eigenvalue weighted by molar-refractivity contribution is -0.118. The van der Waals surface area contributed by atoms with Crippen LogP contribution < -0.4 is 14.4 Å². The molecule has 134 valence electrons. The SMILES string of the molecule is Cc1ccc(NC(=O)COc2ccc(N(C)S(C)(=O)=O)cc2)c(Cl)c1. The molecule has 0 aliphatic rings. The zero-order valence-electron chi connectivity index (χ0n) is 14.1. The van der Waals surface area contributed by atoms with Crippen LogP contribution in [0.15, 0.2) is 42.5 Å². The van der Waals surface area contributed by atoms with Gasteiger partial charge in [0, 0.05) is 7.05 Å². The fourth-order valence-electron chi connectivity index (χ4n) is 2.00. The van der Waals surface area contributed by atoms with Crippen molar-refractivity contribution in [2.45, 2.75) is 6.92 Å². The largest absolute Gasteiger partial charge is 0.484 e. The molecule has 0 saturated heterocycles. The first-order valence-corrected chi connectivity index (χ1v) is 9.62. The zero-order valence-corrected chi connectivity index (χ0v) is 15.7. The van der Waals surface area contributed by atoms with Gasteiger partial charge in [-0.25, -0.2) is 8.42 Å². The second-order valence-electron chi connectivity index (χ2n) is 5.54. The molecule has 0 heterocycles. The third kappa shape index (κ3) is 5.37. The van der Waals surface area contributed by atoms with Crippen molar-refractivity contribution in [3.8, 4) is 5.75 Å². The molecule has 1 N–H and O–H groups in total. The third-order valence-electron chi connectivity index (χ3n) is 3.47. The van der Waals surface area contributed by atoms with E-state index in [1.54, 1.807) is 36.4 Å². The van der Waals surface area contributed by atoms with Gasteiger partial charge in [0.05, 0.1) is 22.7 Å². The molecular weight excluding hydrogens is 364 g/mol. The van der Waals surface area contributed by atoms with Gasteiger partial charge in [0.2, 0.25) is 10.0 Å². The predicted molar refractivity (Wildman–Crippen MR) is 100 cm³/mol. The maximum Gasteiger partial charge on any atom is 0.262 e. The minimum Gasteiger partial charge on any atom is -0.484 e. The second kappa shape index (κ2) is 7.76. The van der Waals surface area contributed by atoms with Gasteiger partial charge in [-0.05, 0) is 48.9 Å². The molecule has 0 atom stereocenters. The van der Waals surface area contributed by atoms with E-state index in [4.69, 9.17) is 16.3 Å². The lowest BCUT2D eigenvalue weighted by Gasteiger charge is -2.16. The van der Waals surface area contributed by atoms with Gasteiger partial charge in [-0.1, -0.05) is 17.7 Å². The molecule has 8 heteroatoms. The Hall–Kier alpha value is -2.25. The molecule has 0 aliphatic heterocycles. The van der Waals surface area contributed by atoms with Gasteiger partial charge < -0.3 is 10.1 Å². The molecule has 0 aliphatic carbocycles. The number of ether oxygens (including phenoxy) is 1. The lowest BCUT2D eigenvalue weighted by atomic mass is 10.2. The van der Waals surface area contributed by atoms with E-state index in [-0.39, 0.29) is 12.5 Å². The normalized spacial score (nSPS) is 11.0. The zero-order chi connectivity index (χ0) is 18.6. The van der Waals surface area contributed by atoms with Crippen LogP contribution in [0.1, 0.15) is 5.56 Å². The number of nitrogens with one attached hydrogen (secondary N) is 1. The summed E-state index contributed by atoms with van der Waals surface area (Å²) >= 11 is 6.07. The maximum absolute atomic E-state index is 11.9. The van der Waals surface area contributed by atoms with Gasteiger partial charge in [-0.15, -0.1) is 0 Å². The van der Waals surface area contributed by atoms with Gasteiger partial charge in [-0.2, -0.15) is 0 Å². The first-order valence-electron chi connectivity index (χ1n) is 7.39. The summed E-state index contributed by atoms with van der Waals surface area (Å²) in [7, 11) is -1.86. The fraction of sp³-hybridized carbons (Fsp3) is 0.235. The number of anilines is 2. The molecule has 6 nitrogen and oxygen atoms in total. The number of amides is 1. The van der Waals surface area contributed by atoms with Gasteiger partial charge in [-0.3, -0.25) is 9.10 Å². The van der Waals surface area contributed by atoms with Crippen molar-refractivity contribution < 1.29 is 17.9 Å². The fourth-order valence-corrected chi connectivity index (χ4v) is 2.79. The minimum absolute atomic E-state index is 0.189. The van der Waals surface area contributed by atoms with Crippen LogP contribution in [0.3, 0.4) is 0 Å². The van der Waals surface area contributed by atoms with Crippen LogP contribution in [-0.2, 0) is 14.8 Å². The molecule has 2 aromatic carbocycles. The predicted octanol–water partition coefficient (Wildman–Crippen LogP) is 3.06. The number of halogens is 1. The van der Waals surface area contributed by atoms with E-state index in [9.17, 15) is 13.2 Å². The number of benzene rings is 2. The molecule has 1 amide bonds. The minimum atomic E-state index is -3.32. The molecule has 0 radical (unpaired) electrons. The van der Waals surface area contributed by atoms with Crippen molar-refractivity contribution in [3.05, 3.63) is 53.1 Å². The number of carbonyl (C=O) groups is 1. The molecule has 2 aromatic rings. The standard InChI is InChI=1S/C17H19ClN2O4S/c1-12-4-9-16(15(18)10-12)19-17(21)11-24-14-7-5-13(6-8-14)20(2)25(3,22)23/h4-10H,11H2,1-3H3,(H,19,21). The number of hydrogen-bond acceptors (Lipinski definition) is 4. The highest BCUT2D eigenvalue weighted by atomic mass is 35.5. The van der Waals surface area contributed by atoms with Crippen LogP contribution in [-0.4, -0.2) is 34.2 Å². The summed E-state index contributed by atoms with van der Waals surface area (Å²) in [5, 5.41) is 3.13. The Bertz CT molecular complexity index is 867. The Morgan fingerprint density at radius 3 is 2.40 bits per heavy atom. The van der Waals surface area contributed by atoms with Gasteiger partial charge in [0.25, 0.3) is 5.91 Å².